The topological polar surface area (TPSA) is 21.3 Å². The van der Waals surface area contributed by atoms with Crippen LogP contribution in [0.3, 0.4) is 0 Å². The Balaban J connectivity index is 1.84. The van der Waals surface area contributed by atoms with E-state index in [1.165, 1.54) is 37.7 Å². The maximum atomic E-state index is 5.43. The van der Waals surface area contributed by atoms with Crippen molar-refractivity contribution in [3.05, 3.63) is 29.8 Å². The second-order valence-corrected chi connectivity index (χ2v) is 6.67. The quantitative estimate of drug-likeness (QED) is 0.840. The molecule has 0 radical (unpaired) electrons. The Morgan fingerprint density at radius 2 is 1.90 bits per heavy atom. The van der Waals surface area contributed by atoms with E-state index in [0.29, 0.717) is 11.5 Å². The average Bonchev–Trinajstić information content (AvgIpc) is 2.47. The lowest BCUT2D eigenvalue weighted by atomic mass is 9.75. The van der Waals surface area contributed by atoms with Gasteiger partial charge in [0.1, 0.15) is 5.75 Å². The zero-order chi connectivity index (χ0) is 14.4. The monoisotopic (exact) mass is 275 g/mol. The third-order valence-corrected chi connectivity index (χ3v) is 4.66. The van der Waals surface area contributed by atoms with Crippen LogP contribution in [0.4, 0.5) is 0 Å². The van der Waals surface area contributed by atoms with Gasteiger partial charge in [-0.3, -0.25) is 0 Å². The molecule has 1 atom stereocenters. The van der Waals surface area contributed by atoms with Crippen molar-refractivity contribution in [1.29, 1.82) is 0 Å². The lowest BCUT2D eigenvalue weighted by Crippen LogP contribution is -2.39. The van der Waals surface area contributed by atoms with Crippen LogP contribution >= 0.6 is 0 Å². The largest absolute Gasteiger partial charge is 0.496 e. The summed E-state index contributed by atoms with van der Waals surface area (Å²) in [5, 5.41) is 3.74. The Kier molecular flexibility index (Phi) is 5.47. The fourth-order valence-electron chi connectivity index (χ4n) is 3.28. The van der Waals surface area contributed by atoms with Crippen molar-refractivity contribution in [2.75, 3.05) is 13.7 Å². The zero-order valence-electron chi connectivity index (χ0n) is 13.2. The van der Waals surface area contributed by atoms with E-state index in [-0.39, 0.29) is 0 Å². The molecule has 20 heavy (non-hydrogen) atoms. The minimum Gasteiger partial charge on any atom is -0.496 e. The first-order valence-corrected chi connectivity index (χ1v) is 7.98. The Bertz CT molecular complexity index is 410. The average molecular weight is 275 g/mol. The molecule has 0 aromatic heterocycles. The van der Waals surface area contributed by atoms with Gasteiger partial charge in [-0.05, 0) is 43.2 Å². The smallest absolute Gasteiger partial charge is 0.122 e. The van der Waals surface area contributed by atoms with Gasteiger partial charge in [0.05, 0.1) is 7.11 Å². The molecule has 2 heteroatoms. The van der Waals surface area contributed by atoms with Gasteiger partial charge in [0.15, 0.2) is 0 Å². The van der Waals surface area contributed by atoms with E-state index in [4.69, 9.17) is 4.74 Å². The third-order valence-electron chi connectivity index (χ3n) is 4.66. The summed E-state index contributed by atoms with van der Waals surface area (Å²) < 4.78 is 5.43. The molecule has 1 aromatic carbocycles. The Morgan fingerprint density at radius 1 is 1.20 bits per heavy atom. The first-order chi connectivity index (χ1) is 9.63. The fraction of sp³-hybridized carbons (Fsp3) is 0.667. The molecule has 1 aliphatic carbocycles. The van der Waals surface area contributed by atoms with Crippen molar-refractivity contribution in [2.45, 2.75) is 58.4 Å². The molecule has 1 unspecified atom stereocenters. The van der Waals surface area contributed by atoms with Crippen LogP contribution in [0.1, 0.15) is 51.5 Å². The van der Waals surface area contributed by atoms with Gasteiger partial charge in [0.25, 0.3) is 0 Å². The molecule has 0 saturated heterocycles. The first kappa shape index (κ1) is 15.4. The molecule has 0 spiro atoms. The number of methoxy groups -OCH3 is 1. The van der Waals surface area contributed by atoms with E-state index in [1.54, 1.807) is 7.11 Å². The van der Waals surface area contributed by atoms with Crippen LogP contribution in [0.15, 0.2) is 24.3 Å². The molecule has 1 N–H and O–H groups in total. The molecule has 0 heterocycles. The normalized spacial score (nSPS) is 19.6. The second-order valence-electron chi connectivity index (χ2n) is 6.67. The molecule has 2 nitrogen and oxygen atoms in total. The minimum atomic E-state index is 0.491. The van der Waals surface area contributed by atoms with Crippen molar-refractivity contribution in [1.82, 2.24) is 5.32 Å². The van der Waals surface area contributed by atoms with Crippen LogP contribution in [0, 0.1) is 5.41 Å². The molecule has 0 aliphatic heterocycles. The maximum Gasteiger partial charge on any atom is 0.122 e. The summed E-state index contributed by atoms with van der Waals surface area (Å²) in [6.45, 7) is 5.86. The van der Waals surface area contributed by atoms with Crippen LogP contribution in [-0.4, -0.2) is 19.7 Å². The highest BCUT2D eigenvalue weighted by Crippen LogP contribution is 2.35. The minimum absolute atomic E-state index is 0.491. The highest BCUT2D eigenvalue weighted by atomic mass is 16.5. The SMILES string of the molecule is COc1ccccc1CC(C)NCC1(C)CCCCC1. The second kappa shape index (κ2) is 7.12. The van der Waals surface area contributed by atoms with Crippen molar-refractivity contribution in [3.63, 3.8) is 0 Å². The van der Waals surface area contributed by atoms with Gasteiger partial charge in [0, 0.05) is 12.6 Å². The van der Waals surface area contributed by atoms with E-state index in [9.17, 15) is 0 Å². The van der Waals surface area contributed by atoms with Crippen LogP contribution in [0.5, 0.6) is 5.75 Å². The molecular weight excluding hydrogens is 246 g/mol. The summed E-state index contributed by atoms with van der Waals surface area (Å²) in [6, 6.07) is 8.82. The number of benzene rings is 1. The lowest BCUT2D eigenvalue weighted by Gasteiger charge is -2.35. The number of rotatable bonds is 6. The maximum absolute atomic E-state index is 5.43. The molecule has 0 amide bonds. The summed E-state index contributed by atoms with van der Waals surface area (Å²) in [6.07, 6.45) is 8.01. The summed E-state index contributed by atoms with van der Waals surface area (Å²) in [7, 11) is 1.75. The number of hydrogen-bond acceptors (Lipinski definition) is 2. The molecule has 2 rings (SSSR count). The van der Waals surface area contributed by atoms with Gasteiger partial charge in [-0.25, -0.2) is 0 Å². The predicted molar refractivity (Wildman–Crippen MR) is 85.4 cm³/mol. The fourth-order valence-corrected chi connectivity index (χ4v) is 3.28. The van der Waals surface area contributed by atoms with Gasteiger partial charge in [-0.15, -0.1) is 0 Å². The van der Waals surface area contributed by atoms with Gasteiger partial charge >= 0.3 is 0 Å². The van der Waals surface area contributed by atoms with Crippen molar-refractivity contribution >= 4 is 0 Å². The van der Waals surface area contributed by atoms with E-state index in [1.807, 2.05) is 12.1 Å². The Hall–Kier alpha value is -1.02. The van der Waals surface area contributed by atoms with E-state index in [0.717, 1.165) is 18.7 Å². The first-order valence-electron chi connectivity index (χ1n) is 7.98. The van der Waals surface area contributed by atoms with Gasteiger partial charge in [0.2, 0.25) is 0 Å². The lowest BCUT2D eigenvalue weighted by molar-refractivity contribution is 0.201. The van der Waals surface area contributed by atoms with E-state index in [2.05, 4.69) is 31.3 Å². The van der Waals surface area contributed by atoms with Crippen LogP contribution < -0.4 is 10.1 Å². The van der Waals surface area contributed by atoms with Crippen LogP contribution in [0.25, 0.3) is 0 Å². The summed E-state index contributed by atoms with van der Waals surface area (Å²) in [5.41, 5.74) is 1.80. The highest BCUT2D eigenvalue weighted by molar-refractivity contribution is 5.33. The summed E-state index contributed by atoms with van der Waals surface area (Å²) in [4.78, 5) is 0. The summed E-state index contributed by atoms with van der Waals surface area (Å²) in [5.74, 6) is 1.00. The third kappa shape index (κ3) is 4.24. The van der Waals surface area contributed by atoms with Crippen LogP contribution in [0.2, 0.25) is 0 Å². The van der Waals surface area contributed by atoms with Gasteiger partial charge in [-0.1, -0.05) is 44.4 Å². The molecule has 1 saturated carbocycles. The van der Waals surface area contributed by atoms with Crippen molar-refractivity contribution in [3.8, 4) is 5.75 Å². The zero-order valence-corrected chi connectivity index (χ0v) is 13.2. The number of para-hydroxylation sites is 1. The summed E-state index contributed by atoms with van der Waals surface area (Å²) >= 11 is 0. The Labute approximate surface area is 123 Å². The molecular formula is C18H29NO. The number of nitrogens with one attached hydrogen (secondary N) is 1. The van der Waals surface area contributed by atoms with Crippen molar-refractivity contribution in [2.24, 2.45) is 5.41 Å². The standard InChI is InChI=1S/C18H29NO/c1-15(13-16-9-5-6-10-17(16)20-3)19-14-18(2)11-7-4-8-12-18/h5-6,9-10,15,19H,4,7-8,11-14H2,1-3H3. The van der Waals surface area contributed by atoms with E-state index < -0.39 is 0 Å². The predicted octanol–water partition coefficient (Wildman–Crippen LogP) is 4.19. The Morgan fingerprint density at radius 3 is 2.60 bits per heavy atom. The highest BCUT2D eigenvalue weighted by Gasteiger charge is 2.26. The van der Waals surface area contributed by atoms with Gasteiger partial charge < -0.3 is 10.1 Å². The molecule has 0 bridgehead atoms. The number of ether oxygens (including phenoxy) is 1. The molecule has 1 aliphatic rings. The van der Waals surface area contributed by atoms with E-state index >= 15 is 0 Å². The molecule has 1 fully saturated rings. The molecule has 112 valence electrons. The van der Waals surface area contributed by atoms with Crippen LogP contribution in [-0.2, 0) is 6.42 Å². The van der Waals surface area contributed by atoms with Crippen molar-refractivity contribution < 1.29 is 4.74 Å². The van der Waals surface area contributed by atoms with Gasteiger partial charge in [-0.2, -0.15) is 0 Å². The molecule has 1 aromatic rings. The number of hydrogen-bond donors (Lipinski definition) is 1.